The molecule has 2 fully saturated rings. The molecule has 1 aliphatic heterocycles. The van der Waals surface area contributed by atoms with Gasteiger partial charge in [0.05, 0.1) is 36.3 Å². The highest BCUT2D eigenvalue weighted by atomic mass is 16.5. The molecule has 1 aliphatic carbocycles. The van der Waals surface area contributed by atoms with Gasteiger partial charge in [0.25, 0.3) is 0 Å². The van der Waals surface area contributed by atoms with Gasteiger partial charge in [-0.25, -0.2) is 0 Å². The Labute approximate surface area is 108 Å². The van der Waals surface area contributed by atoms with Crippen molar-refractivity contribution in [2.75, 3.05) is 18.1 Å². The van der Waals surface area contributed by atoms with E-state index in [-0.39, 0.29) is 6.04 Å². The van der Waals surface area contributed by atoms with E-state index >= 15 is 0 Å². The van der Waals surface area contributed by atoms with Crippen LogP contribution < -0.4 is 10.6 Å². The molecular weight excluding hydrogens is 226 g/mol. The van der Waals surface area contributed by atoms with Crippen LogP contribution in [-0.2, 0) is 4.74 Å². The Morgan fingerprint density at radius 2 is 2.33 bits per heavy atom. The summed E-state index contributed by atoms with van der Waals surface area (Å²) in [7, 11) is 0. The van der Waals surface area contributed by atoms with Crippen molar-refractivity contribution < 1.29 is 4.74 Å². The van der Waals surface area contributed by atoms with Gasteiger partial charge in [-0.3, -0.25) is 4.98 Å². The van der Waals surface area contributed by atoms with Crippen LogP contribution in [0.5, 0.6) is 0 Å². The molecule has 0 amide bonds. The maximum Gasteiger partial charge on any atom is 0.0779 e. The van der Waals surface area contributed by atoms with Crippen molar-refractivity contribution in [1.29, 1.82) is 0 Å². The smallest absolute Gasteiger partial charge is 0.0779 e. The summed E-state index contributed by atoms with van der Waals surface area (Å²) in [5.74, 6) is 0. The molecule has 1 aromatic rings. The highest BCUT2D eigenvalue weighted by molar-refractivity contribution is 5.47. The van der Waals surface area contributed by atoms with Gasteiger partial charge in [0.1, 0.15) is 0 Å². The lowest BCUT2D eigenvalue weighted by Crippen LogP contribution is -2.48. The lowest BCUT2D eigenvalue weighted by Gasteiger charge is -2.39. The second-order valence-corrected chi connectivity index (χ2v) is 5.33. The van der Waals surface area contributed by atoms with Gasteiger partial charge in [-0.15, -0.1) is 0 Å². The number of nitrogens with two attached hydrogens (primary N) is 1. The Hall–Kier alpha value is -1.13. The molecule has 1 saturated heterocycles. The second-order valence-electron chi connectivity index (χ2n) is 5.33. The van der Waals surface area contributed by atoms with Gasteiger partial charge < -0.3 is 15.4 Å². The van der Waals surface area contributed by atoms with Crippen LogP contribution in [0.15, 0.2) is 18.3 Å². The minimum absolute atomic E-state index is 0.00275. The van der Waals surface area contributed by atoms with Crippen molar-refractivity contribution in [3.8, 4) is 0 Å². The summed E-state index contributed by atoms with van der Waals surface area (Å²) in [6.07, 6.45) is 6.09. The molecule has 1 aromatic heterocycles. The third-order valence-corrected chi connectivity index (χ3v) is 4.05. The maximum absolute atomic E-state index is 5.83. The summed E-state index contributed by atoms with van der Waals surface area (Å²) >= 11 is 0. The van der Waals surface area contributed by atoms with Crippen LogP contribution in [0.4, 0.5) is 5.69 Å². The van der Waals surface area contributed by atoms with Crippen LogP contribution in [0.25, 0.3) is 0 Å². The van der Waals surface area contributed by atoms with E-state index in [4.69, 9.17) is 10.5 Å². The van der Waals surface area contributed by atoms with Crippen molar-refractivity contribution in [2.24, 2.45) is 5.73 Å². The Kier molecular flexibility index (Phi) is 3.22. The van der Waals surface area contributed by atoms with Gasteiger partial charge in [0.2, 0.25) is 0 Å². The molecule has 18 heavy (non-hydrogen) atoms. The van der Waals surface area contributed by atoms with E-state index in [0.29, 0.717) is 12.1 Å². The summed E-state index contributed by atoms with van der Waals surface area (Å²) in [6.45, 7) is 3.76. The summed E-state index contributed by atoms with van der Waals surface area (Å²) in [5, 5.41) is 0. The van der Waals surface area contributed by atoms with E-state index in [9.17, 15) is 0 Å². The van der Waals surface area contributed by atoms with Crippen LogP contribution in [0.1, 0.15) is 37.9 Å². The van der Waals surface area contributed by atoms with Crippen LogP contribution in [0.2, 0.25) is 0 Å². The van der Waals surface area contributed by atoms with Crippen LogP contribution in [0.3, 0.4) is 0 Å². The summed E-state index contributed by atoms with van der Waals surface area (Å²) in [6, 6.07) is 4.73. The van der Waals surface area contributed by atoms with Gasteiger partial charge in [-0.2, -0.15) is 0 Å². The molecule has 0 spiro atoms. The lowest BCUT2D eigenvalue weighted by atomic mass is 10.1. The first-order chi connectivity index (χ1) is 8.75. The number of hydrogen-bond donors (Lipinski definition) is 1. The number of anilines is 1. The van der Waals surface area contributed by atoms with Crippen molar-refractivity contribution in [1.82, 2.24) is 4.98 Å². The van der Waals surface area contributed by atoms with E-state index < -0.39 is 0 Å². The van der Waals surface area contributed by atoms with E-state index in [0.717, 1.165) is 18.8 Å². The molecule has 0 radical (unpaired) electrons. The topological polar surface area (TPSA) is 51.4 Å². The van der Waals surface area contributed by atoms with Gasteiger partial charge in [-0.1, -0.05) is 0 Å². The van der Waals surface area contributed by atoms with Gasteiger partial charge in [-0.05, 0) is 38.3 Å². The first-order valence-corrected chi connectivity index (χ1v) is 6.85. The first-order valence-electron chi connectivity index (χ1n) is 6.85. The molecule has 2 heterocycles. The molecular formula is C14H21N3O. The zero-order chi connectivity index (χ0) is 12.5. The predicted molar refractivity (Wildman–Crippen MR) is 71.6 cm³/mol. The zero-order valence-corrected chi connectivity index (χ0v) is 10.9. The maximum atomic E-state index is 5.83. The molecule has 3 atom stereocenters. The number of rotatable bonds is 2. The molecule has 2 N–H and O–H groups in total. The minimum Gasteiger partial charge on any atom is -0.374 e. The Bertz CT molecular complexity index is 404. The molecule has 0 bridgehead atoms. The molecule has 1 saturated carbocycles. The van der Waals surface area contributed by atoms with Crippen LogP contribution >= 0.6 is 0 Å². The average molecular weight is 247 g/mol. The van der Waals surface area contributed by atoms with E-state index in [2.05, 4.69) is 16.0 Å². The number of nitrogens with zero attached hydrogens (tertiary/aromatic N) is 2. The standard InChI is InChI=1S/C14H21N3O/c1-10(15)12-6-5-11(9-16-12)17-7-8-18-14-4-2-3-13(14)17/h5-6,9-10,13-14H,2-4,7-8,15H2,1H3. The SMILES string of the molecule is CC(N)c1ccc(N2CCOC3CCCC32)cn1. The average Bonchev–Trinajstić information content (AvgIpc) is 2.87. The summed E-state index contributed by atoms with van der Waals surface area (Å²) in [4.78, 5) is 6.92. The van der Waals surface area contributed by atoms with Crippen LogP contribution in [0, 0.1) is 0 Å². The number of pyridine rings is 1. The predicted octanol–water partition coefficient (Wildman–Crippen LogP) is 1.86. The van der Waals surface area contributed by atoms with Gasteiger partial charge >= 0.3 is 0 Å². The molecule has 4 heteroatoms. The number of fused-ring (bicyclic) bond motifs is 1. The molecule has 98 valence electrons. The van der Waals surface area contributed by atoms with Crippen molar-refractivity contribution in [3.63, 3.8) is 0 Å². The third kappa shape index (κ3) is 2.10. The highest BCUT2D eigenvalue weighted by Gasteiger charge is 2.36. The summed E-state index contributed by atoms with van der Waals surface area (Å²) in [5.41, 5.74) is 7.99. The largest absolute Gasteiger partial charge is 0.374 e. The number of ether oxygens (including phenoxy) is 1. The normalized spacial score (nSPS) is 29.1. The fourth-order valence-electron chi connectivity index (χ4n) is 3.08. The lowest BCUT2D eigenvalue weighted by molar-refractivity contribution is 0.0256. The van der Waals surface area contributed by atoms with Gasteiger partial charge in [0.15, 0.2) is 0 Å². The molecule has 3 unspecified atom stereocenters. The van der Waals surface area contributed by atoms with Crippen LogP contribution in [-0.4, -0.2) is 30.3 Å². The third-order valence-electron chi connectivity index (χ3n) is 4.05. The number of hydrogen-bond acceptors (Lipinski definition) is 4. The Morgan fingerprint density at radius 1 is 1.44 bits per heavy atom. The minimum atomic E-state index is 0.00275. The fraction of sp³-hybridized carbons (Fsp3) is 0.643. The summed E-state index contributed by atoms with van der Waals surface area (Å²) < 4.78 is 5.83. The molecule has 0 aromatic carbocycles. The first kappa shape index (κ1) is 11.9. The zero-order valence-electron chi connectivity index (χ0n) is 10.9. The Balaban J connectivity index is 1.80. The van der Waals surface area contributed by atoms with Gasteiger partial charge in [0, 0.05) is 12.6 Å². The molecule has 4 nitrogen and oxygen atoms in total. The molecule has 2 aliphatic rings. The number of aromatic nitrogens is 1. The fourth-order valence-corrected chi connectivity index (χ4v) is 3.08. The number of morpholine rings is 1. The van der Waals surface area contributed by atoms with Crippen molar-refractivity contribution in [3.05, 3.63) is 24.0 Å². The Morgan fingerprint density at radius 3 is 3.06 bits per heavy atom. The second kappa shape index (κ2) is 4.86. The van der Waals surface area contributed by atoms with E-state index in [1.165, 1.54) is 24.9 Å². The van der Waals surface area contributed by atoms with Crippen molar-refractivity contribution >= 4 is 5.69 Å². The van der Waals surface area contributed by atoms with Crippen molar-refractivity contribution in [2.45, 2.75) is 44.4 Å². The molecule has 3 rings (SSSR count). The highest BCUT2D eigenvalue weighted by Crippen LogP contribution is 2.32. The van der Waals surface area contributed by atoms with E-state index in [1.807, 2.05) is 19.2 Å². The quantitative estimate of drug-likeness (QED) is 0.866. The van der Waals surface area contributed by atoms with E-state index in [1.54, 1.807) is 0 Å². The monoisotopic (exact) mass is 247 g/mol.